The third-order valence-corrected chi connectivity index (χ3v) is 5.99. The molecule has 0 saturated carbocycles. The van der Waals surface area contributed by atoms with Crippen LogP contribution in [0.2, 0.25) is 0 Å². The molecular weight excluding hydrogens is 346 g/mol. The molecule has 0 N–H and O–H groups in total. The smallest absolute Gasteiger partial charge is 0.227 e. The van der Waals surface area contributed by atoms with E-state index in [2.05, 4.69) is 67.9 Å². The van der Waals surface area contributed by atoms with E-state index in [1.807, 2.05) is 12.3 Å². The topological polar surface area (TPSA) is 42.2 Å². The molecule has 1 unspecified atom stereocenters. The van der Waals surface area contributed by atoms with Crippen molar-refractivity contribution in [2.75, 3.05) is 4.90 Å². The van der Waals surface area contributed by atoms with Crippen LogP contribution in [0.15, 0.2) is 53.2 Å². The molecule has 142 valence electrons. The van der Waals surface area contributed by atoms with Crippen LogP contribution in [0.5, 0.6) is 0 Å². The predicted molar refractivity (Wildman–Crippen MR) is 114 cm³/mol. The number of furan rings is 1. The highest BCUT2D eigenvalue weighted by molar-refractivity contribution is 6.09. The summed E-state index contributed by atoms with van der Waals surface area (Å²) >= 11 is 0. The Balaban J connectivity index is 1.77. The Hall–Kier alpha value is -2.88. The van der Waals surface area contributed by atoms with E-state index >= 15 is 0 Å². The first-order valence-corrected chi connectivity index (χ1v) is 10.1. The first-order valence-electron chi connectivity index (χ1n) is 10.1. The third kappa shape index (κ3) is 2.44. The van der Waals surface area contributed by atoms with Gasteiger partial charge in [0.1, 0.15) is 5.82 Å². The number of rotatable bonds is 3. The van der Waals surface area contributed by atoms with Crippen LogP contribution in [0.1, 0.15) is 44.2 Å². The number of aryl methyl sites for hydroxylation is 1. The van der Waals surface area contributed by atoms with Gasteiger partial charge in [0.25, 0.3) is 0 Å². The van der Waals surface area contributed by atoms with Gasteiger partial charge < -0.3 is 9.32 Å². The maximum Gasteiger partial charge on any atom is 0.227 e. The van der Waals surface area contributed by atoms with Crippen LogP contribution in [0.25, 0.3) is 22.1 Å². The summed E-state index contributed by atoms with van der Waals surface area (Å²) in [6.45, 7) is 9.05. The second-order valence-corrected chi connectivity index (χ2v) is 8.33. The van der Waals surface area contributed by atoms with Crippen molar-refractivity contribution in [2.45, 2.75) is 46.1 Å². The zero-order chi connectivity index (χ0) is 19.4. The number of pyridine rings is 2. The zero-order valence-electron chi connectivity index (χ0n) is 16.8. The Bertz CT molecular complexity index is 1180. The number of anilines is 2. The lowest BCUT2D eigenvalue weighted by atomic mass is 9.88. The summed E-state index contributed by atoms with van der Waals surface area (Å²) in [5.41, 5.74) is 5.25. The average Bonchev–Trinajstić information content (AvgIpc) is 3.18. The summed E-state index contributed by atoms with van der Waals surface area (Å²) < 4.78 is 6.28. The number of nitrogens with zero attached hydrogens (tertiary/aromatic N) is 3. The Morgan fingerprint density at radius 2 is 1.82 bits per heavy atom. The van der Waals surface area contributed by atoms with Gasteiger partial charge in [0.2, 0.25) is 5.71 Å². The van der Waals surface area contributed by atoms with Gasteiger partial charge in [-0.1, -0.05) is 32.0 Å². The van der Waals surface area contributed by atoms with E-state index in [-0.39, 0.29) is 0 Å². The molecule has 1 aliphatic rings. The second-order valence-electron chi connectivity index (χ2n) is 8.33. The summed E-state index contributed by atoms with van der Waals surface area (Å²) in [5, 5.41) is 2.17. The monoisotopic (exact) mass is 371 g/mol. The average molecular weight is 371 g/mol. The molecule has 4 aromatic rings. The lowest BCUT2D eigenvalue weighted by Gasteiger charge is -2.28. The first kappa shape index (κ1) is 17.2. The van der Waals surface area contributed by atoms with E-state index in [0.717, 1.165) is 34.3 Å². The van der Waals surface area contributed by atoms with Crippen LogP contribution in [-0.2, 0) is 0 Å². The summed E-state index contributed by atoms with van der Waals surface area (Å²) in [7, 11) is 0. The van der Waals surface area contributed by atoms with E-state index in [0.29, 0.717) is 23.6 Å². The molecule has 1 aliphatic heterocycles. The Labute approximate surface area is 165 Å². The van der Waals surface area contributed by atoms with Gasteiger partial charge in [-0.25, -0.2) is 9.97 Å². The molecule has 0 radical (unpaired) electrons. The number of aromatic nitrogens is 2. The number of fused-ring (bicyclic) bond motifs is 4. The molecule has 4 nitrogen and oxygen atoms in total. The van der Waals surface area contributed by atoms with Crippen molar-refractivity contribution < 1.29 is 4.42 Å². The molecule has 4 heteroatoms. The van der Waals surface area contributed by atoms with Gasteiger partial charge in [0, 0.05) is 40.7 Å². The molecule has 0 spiro atoms. The highest BCUT2D eigenvalue weighted by Crippen LogP contribution is 2.49. The molecular formula is C24H25N3O. The SMILES string of the molecule is Cc1ccc2c(oc3ncccc32)c1N1c2ncccc2C(CC(C)C)[C@@H]1C. The minimum Gasteiger partial charge on any atom is -0.435 e. The van der Waals surface area contributed by atoms with E-state index in [1.54, 1.807) is 6.20 Å². The number of hydrogen-bond acceptors (Lipinski definition) is 4. The van der Waals surface area contributed by atoms with Crippen LogP contribution < -0.4 is 4.90 Å². The maximum atomic E-state index is 6.28. The molecule has 0 fully saturated rings. The second kappa shape index (κ2) is 6.33. The molecule has 28 heavy (non-hydrogen) atoms. The van der Waals surface area contributed by atoms with Crippen molar-refractivity contribution in [3.05, 3.63) is 59.9 Å². The molecule has 0 bridgehead atoms. The fourth-order valence-corrected chi connectivity index (χ4v) is 4.73. The minimum atomic E-state index is 0.317. The molecule has 2 atom stereocenters. The highest BCUT2D eigenvalue weighted by Gasteiger charge is 2.39. The maximum absolute atomic E-state index is 6.28. The highest BCUT2D eigenvalue weighted by atomic mass is 16.3. The van der Waals surface area contributed by atoms with E-state index in [4.69, 9.17) is 9.40 Å². The van der Waals surface area contributed by atoms with Crippen LogP contribution in [0, 0.1) is 12.8 Å². The summed E-state index contributed by atoms with van der Waals surface area (Å²) in [6, 6.07) is 13.0. The fourth-order valence-electron chi connectivity index (χ4n) is 4.73. The van der Waals surface area contributed by atoms with Crippen molar-refractivity contribution in [2.24, 2.45) is 5.92 Å². The van der Waals surface area contributed by atoms with Crippen LogP contribution >= 0.6 is 0 Å². The van der Waals surface area contributed by atoms with Crippen molar-refractivity contribution >= 4 is 33.6 Å². The lowest BCUT2D eigenvalue weighted by Crippen LogP contribution is -2.28. The summed E-state index contributed by atoms with van der Waals surface area (Å²) in [4.78, 5) is 11.6. The van der Waals surface area contributed by atoms with Crippen molar-refractivity contribution in [1.29, 1.82) is 0 Å². The van der Waals surface area contributed by atoms with E-state index < -0.39 is 0 Å². The summed E-state index contributed by atoms with van der Waals surface area (Å²) in [5.74, 6) is 2.15. The normalized spacial score (nSPS) is 19.1. The Morgan fingerprint density at radius 3 is 2.64 bits per heavy atom. The standard InChI is InChI=1S/C24H25N3O/c1-14(2)13-20-16(4)27(23-18(20)7-5-11-25-23)21-15(3)9-10-17-19-8-6-12-26-24(19)28-22(17)21/h5-12,14,16,20H,13H2,1-4H3/t16-,20?/m0/s1. The molecule has 0 aliphatic carbocycles. The predicted octanol–water partition coefficient (Wildman–Crippen LogP) is 6.35. The van der Waals surface area contributed by atoms with Crippen LogP contribution in [0.4, 0.5) is 11.5 Å². The molecule has 3 aromatic heterocycles. The first-order chi connectivity index (χ1) is 13.6. The third-order valence-electron chi connectivity index (χ3n) is 5.99. The van der Waals surface area contributed by atoms with Crippen LogP contribution in [0.3, 0.4) is 0 Å². The lowest BCUT2D eigenvalue weighted by molar-refractivity contribution is 0.466. The van der Waals surface area contributed by atoms with Gasteiger partial charge in [-0.15, -0.1) is 0 Å². The van der Waals surface area contributed by atoms with Gasteiger partial charge in [-0.05, 0) is 49.9 Å². The Morgan fingerprint density at radius 1 is 1.04 bits per heavy atom. The van der Waals surface area contributed by atoms with Crippen LogP contribution in [-0.4, -0.2) is 16.0 Å². The van der Waals surface area contributed by atoms with E-state index in [1.165, 1.54) is 11.1 Å². The van der Waals surface area contributed by atoms with Gasteiger partial charge >= 0.3 is 0 Å². The van der Waals surface area contributed by atoms with Gasteiger partial charge in [-0.2, -0.15) is 0 Å². The van der Waals surface area contributed by atoms with Gasteiger partial charge in [-0.3, -0.25) is 0 Å². The van der Waals surface area contributed by atoms with Crippen molar-refractivity contribution in [1.82, 2.24) is 9.97 Å². The Kier molecular flexibility index (Phi) is 3.90. The molecule has 5 rings (SSSR count). The zero-order valence-corrected chi connectivity index (χ0v) is 16.8. The van der Waals surface area contributed by atoms with Crippen molar-refractivity contribution in [3.8, 4) is 0 Å². The largest absolute Gasteiger partial charge is 0.435 e. The van der Waals surface area contributed by atoms with Gasteiger partial charge in [0.05, 0.1) is 5.69 Å². The molecule has 1 aromatic carbocycles. The number of benzene rings is 1. The van der Waals surface area contributed by atoms with E-state index in [9.17, 15) is 0 Å². The minimum absolute atomic E-state index is 0.317. The molecule has 4 heterocycles. The molecule has 0 saturated heterocycles. The number of hydrogen-bond donors (Lipinski definition) is 0. The van der Waals surface area contributed by atoms with Gasteiger partial charge in [0.15, 0.2) is 5.58 Å². The molecule has 0 amide bonds. The quantitative estimate of drug-likeness (QED) is 0.420. The summed E-state index contributed by atoms with van der Waals surface area (Å²) in [6.07, 6.45) is 4.82. The van der Waals surface area contributed by atoms with Crippen molar-refractivity contribution in [3.63, 3.8) is 0 Å². The fraction of sp³-hybridized carbons (Fsp3) is 0.333.